The van der Waals surface area contributed by atoms with Crippen LogP contribution in [-0.4, -0.2) is 49.6 Å². The summed E-state index contributed by atoms with van der Waals surface area (Å²) < 4.78 is 6.34. The third-order valence-electron chi connectivity index (χ3n) is 6.16. The van der Waals surface area contributed by atoms with Crippen molar-refractivity contribution >= 4 is 11.8 Å². The molecule has 0 radical (unpaired) electrons. The van der Waals surface area contributed by atoms with E-state index in [-0.39, 0.29) is 29.6 Å². The first kappa shape index (κ1) is 17.3. The van der Waals surface area contributed by atoms with Gasteiger partial charge in [0.05, 0.1) is 5.56 Å². The number of benzene rings is 1. The van der Waals surface area contributed by atoms with Gasteiger partial charge in [0.25, 0.3) is 5.91 Å². The number of carbonyl (C=O) groups excluding carboxylic acids is 2. The van der Waals surface area contributed by atoms with Gasteiger partial charge in [0.2, 0.25) is 5.91 Å². The molecule has 3 aliphatic carbocycles. The van der Waals surface area contributed by atoms with Crippen LogP contribution >= 0.6 is 0 Å². The van der Waals surface area contributed by atoms with E-state index in [9.17, 15) is 9.59 Å². The number of fused-ring (bicyclic) bond motifs is 3. The van der Waals surface area contributed by atoms with Gasteiger partial charge in [-0.1, -0.05) is 12.1 Å². The van der Waals surface area contributed by atoms with Crippen LogP contribution in [0.25, 0.3) is 0 Å². The predicted octanol–water partition coefficient (Wildman–Crippen LogP) is 1.62. The van der Waals surface area contributed by atoms with Crippen LogP contribution in [0.2, 0.25) is 0 Å². The monoisotopic (exact) mass is 357 g/mol. The minimum absolute atomic E-state index is 0.0270. The largest absolute Gasteiger partial charge is 0.467 e. The van der Waals surface area contributed by atoms with Crippen LogP contribution in [0, 0.1) is 17.8 Å². The molecule has 1 aromatic carbocycles. The second kappa shape index (κ2) is 6.58. The summed E-state index contributed by atoms with van der Waals surface area (Å²) in [6.45, 7) is 1.51. The van der Waals surface area contributed by atoms with Crippen LogP contribution in [0.5, 0.6) is 5.75 Å². The molecule has 2 N–H and O–H groups in total. The lowest BCUT2D eigenvalue weighted by atomic mass is 9.60. The highest BCUT2D eigenvalue weighted by atomic mass is 16.5. The van der Waals surface area contributed by atoms with Gasteiger partial charge in [-0.25, -0.2) is 0 Å². The second-order valence-corrected chi connectivity index (χ2v) is 8.12. The zero-order valence-corrected chi connectivity index (χ0v) is 15.5. The first-order valence-corrected chi connectivity index (χ1v) is 9.51. The third kappa shape index (κ3) is 2.96. The first-order valence-electron chi connectivity index (χ1n) is 9.51. The van der Waals surface area contributed by atoms with Crippen molar-refractivity contribution in [3.05, 3.63) is 29.8 Å². The van der Waals surface area contributed by atoms with Crippen molar-refractivity contribution in [2.75, 3.05) is 27.2 Å². The van der Waals surface area contributed by atoms with E-state index in [0.29, 0.717) is 24.3 Å². The van der Waals surface area contributed by atoms with Crippen LogP contribution in [0.3, 0.4) is 0 Å². The lowest BCUT2D eigenvalue weighted by Crippen LogP contribution is -2.67. The number of para-hydroxylation sites is 1. The molecule has 6 nitrogen and oxygen atoms in total. The number of carbonyl (C=O) groups is 2. The van der Waals surface area contributed by atoms with Crippen molar-refractivity contribution in [1.29, 1.82) is 0 Å². The van der Waals surface area contributed by atoms with E-state index in [1.807, 2.05) is 32.3 Å². The molecule has 4 aliphatic rings. The summed E-state index contributed by atoms with van der Waals surface area (Å²) in [5.41, 5.74) is -0.0491. The first-order chi connectivity index (χ1) is 12.5. The molecule has 0 unspecified atom stereocenters. The Morgan fingerprint density at radius 2 is 2.15 bits per heavy atom. The molecule has 3 saturated carbocycles. The molecule has 1 aromatic rings. The SMILES string of the molecule is CN(C)CCNC(=O)[C@@H]1C[C@H]2CC[C@@H]1C[C@@]21NC(=O)c2ccccc2O1. The van der Waals surface area contributed by atoms with E-state index in [1.165, 1.54) is 0 Å². The average molecular weight is 357 g/mol. The molecule has 1 spiro atoms. The molecule has 0 saturated heterocycles. The molecule has 2 amide bonds. The summed E-state index contributed by atoms with van der Waals surface area (Å²) in [5, 5.41) is 6.21. The van der Waals surface area contributed by atoms with Crippen molar-refractivity contribution in [1.82, 2.24) is 15.5 Å². The van der Waals surface area contributed by atoms with Crippen molar-refractivity contribution in [3.8, 4) is 5.75 Å². The summed E-state index contributed by atoms with van der Waals surface area (Å²) in [6.07, 6.45) is 3.51. The lowest BCUT2D eigenvalue weighted by molar-refractivity contribution is -0.146. The van der Waals surface area contributed by atoms with E-state index < -0.39 is 5.72 Å². The minimum Gasteiger partial charge on any atom is -0.467 e. The zero-order chi connectivity index (χ0) is 18.3. The van der Waals surface area contributed by atoms with Gasteiger partial charge < -0.3 is 20.3 Å². The van der Waals surface area contributed by atoms with Gasteiger partial charge >= 0.3 is 0 Å². The fourth-order valence-electron chi connectivity index (χ4n) is 4.81. The smallest absolute Gasteiger partial charge is 0.258 e. The van der Waals surface area contributed by atoms with Crippen LogP contribution in [0.4, 0.5) is 0 Å². The van der Waals surface area contributed by atoms with Crippen molar-refractivity contribution in [3.63, 3.8) is 0 Å². The molecular weight excluding hydrogens is 330 g/mol. The predicted molar refractivity (Wildman–Crippen MR) is 97.8 cm³/mol. The van der Waals surface area contributed by atoms with Crippen LogP contribution < -0.4 is 15.4 Å². The lowest BCUT2D eigenvalue weighted by Gasteiger charge is -2.55. The molecule has 5 rings (SSSR count). The van der Waals surface area contributed by atoms with Gasteiger partial charge in [0, 0.05) is 31.3 Å². The fraction of sp³-hybridized carbons (Fsp3) is 0.600. The summed E-state index contributed by atoms with van der Waals surface area (Å²) in [7, 11) is 4.00. The molecule has 1 heterocycles. The van der Waals surface area contributed by atoms with Crippen LogP contribution in [0.1, 0.15) is 36.0 Å². The minimum atomic E-state index is -0.644. The Balaban J connectivity index is 1.47. The molecule has 0 aromatic heterocycles. The molecule has 2 bridgehead atoms. The highest BCUT2D eigenvalue weighted by Crippen LogP contribution is 2.52. The number of hydrogen-bond donors (Lipinski definition) is 2. The molecule has 26 heavy (non-hydrogen) atoms. The number of amides is 2. The second-order valence-electron chi connectivity index (χ2n) is 8.12. The Bertz CT molecular complexity index is 720. The highest BCUT2D eigenvalue weighted by molar-refractivity contribution is 5.98. The third-order valence-corrected chi connectivity index (χ3v) is 6.16. The van der Waals surface area contributed by atoms with E-state index in [2.05, 4.69) is 15.5 Å². The van der Waals surface area contributed by atoms with E-state index in [4.69, 9.17) is 4.74 Å². The summed E-state index contributed by atoms with van der Waals surface area (Å²) >= 11 is 0. The topological polar surface area (TPSA) is 70.7 Å². The maximum atomic E-state index is 12.6. The Labute approximate surface area is 154 Å². The van der Waals surface area contributed by atoms with Gasteiger partial charge in [-0.05, 0) is 51.4 Å². The number of rotatable bonds is 4. The molecular formula is C20H27N3O3. The molecule has 140 valence electrons. The summed E-state index contributed by atoms with van der Waals surface area (Å²) in [5.74, 6) is 1.21. The summed E-state index contributed by atoms with van der Waals surface area (Å²) in [4.78, 5) is 27.3. The van der Waals surface area contributed by atoms with Gasteiger partial charge in [-0.3, -0.25) is 9.59 Å². The molecule has 3 fully saturated rings. The standard InChI is InChI=1S/C20H27N3O3/c1-23(2)10-9-21-18(24)16-11-14-8-7-13(16)12-20(14)22-19(25)15-5-3-4-6-17(15)26-20/h3-6,13-14,16H,7-12H2,1-2H3,(H,21,24)(H,22,25)/t13-,14-,16-,20+/m1/s1. The number of ether oxygens (including phenoxy) is 1. The number of nitrogens with one attached hydrogen (secondary N) is 2. The Kier molecular flexibility index (Phi) is 4.39. The number of nitrogens with zero attached hydrogens (tertiary/aromatic N) is 1. The number of likely N-dealkylation sites (N-methyl/N-ethyl adjacent to an activating group) is 1. The van der Waals surface area contributed by atoms with E-state index in [1.54, 1.807) is 6.07 Å². The molecule has 4 atom stereocenters. The van der Waals surface area contributed by atoms with Crippen LogP contribution in [0.15, 0.2) is 24.3 Å². The van der Waals surface area contributed by atoms with Crippen molar-refractivity contribution in [2.45, 2.75) is 31.4 Å². The quantitative estimate of drug-likeness (QED) is 0.859. The average Bonchev–Trinajstić information content (AvgIpc) is 2.61. The van der Waals surface area contributed by atoms with Gasteiger partial charge in [0.15, 0.2) is 5.72 Å². The van der Waals surface area contributed by atoms with E-state index >= 15 is 0 Å². The molecule has 6 heteroatoms. The highest BCUT2D eigenvalue weighted by Gasteiger charge is 2.57. The van der Waals surface area contributed by atoms with Crippen LogP contribution in [-0.2, 0) is 4.79 Å². The van der Waals surface area contributed by atoms with Gasteiger partial charge in [-0.15, -0.1) is 0 Å². The van der Waals surface area contributed by atoms with Gasteiger partial charge in [-0.2, -0.15) is 0 Å². The van der Waals surface area contributed by atoms with Crippen molar-refractivity contribution in [2.24, 2.45) is 17.8 Å². The molecule has 1 aliphatic heterocycles. The normalized spacial score (nSPS) is 32.1. The van der Waals surface area contributed by atoms with Crippen molar-refractivity contribution < 1.29 is 14.3 Å². The Morgan fingerprint density at radius 3 is 2.88 bits per heavy atom. The Morgan fingerprint density at radius 1 is 1.35 bits per heavy atom. The maximum Gasteiger partial charge on any atom is 0.258 e. The zero-order valence-electron chi connectivity index (χ0n) is 15.5. The fourth-order valence-corrected chi connectivity index (χ4v) is 4.81. The van der Waals surface area contributed by atoms with E-state index in [0.717, 1.165) is 25.8 Å². The van der Waals surface area contributed by atoms with Gasteiger partial charge in [0.1, 0.15) is 5.75 Å². The maximum absolute atomic E-state index is 12.6. The Hall–Kier alpha value is -2.08. The number of hydrogen-bond acceptors (Lipinski definition) is 4. The summed E-state index contributed by atoms with van der Waals surface area (Å²) in [6, 6.07) is 7.40.